The molecule has 0 radical (unpaired) electrons. The van der Waals surface area contributed by atoms with Gasteiger partial charge in [0.05, 0.1) is 6.54 Å². The van der Waals surface area contributed by atoms with E-state index in [1.54, 1.807) is 6.07 Å². The molecule has 1 aromatic rings. The van der Waals surface area contributed by atoms with Gasteiger partial charge in [0, 0.05) is 12.6 Å². The van der Waals surface area contributed by atoms with Crippen molar-refractivity contribution in [1.29, 1.82) is 0 Å². The number of aromatic carboxylic acids is 1. The first-order valence-corrected chi connectivity index (χ1v) is 5.90. The van der Waals surface area contributed by atoms with Crippen molar-refractivity contribution in [3.63, 3.8) is 0 Å². The van der Waals surface area contributed by atoms with Crippen molar-refractivity contribution < 1.29 is 14.3 Å². The summed E-state index contributed by atoms with van der Waals surface area (Å²) in [5.74, 6) is -0.352. The maximum absolute atomic E-state index is 10.6. The Bertz CT molecular complexity index is 389. The van der Waals surface area contributed by atoms with E-state index in [1.807, 2.05) is 0 Å². The Kier molecular flexibility index (Phi) is 3.81. The van der Waals surface area contributed by atoms with Crippen LogP contribution in [0.1, 0.15) is 29.2 Å². The standard InChI is InChI=1S/C12H18N2O3/c1-14-6-2-3-9(14)7-13-8-10-4-5-11(17-10)12(15)16/h4-5,9,13H,2-3,6-8H2,1H3,(H,15,16). The van der Waals surface area contributed by atoms with Gasteiger partial charge in [0.15, 0.2) is 0 Å². The molecule has 0 amide bonds. The van der Waals surface area contributed by atoms with Gasteiger partial charge in [-0.3, -0.25) is 0 Å². The van der Waals surface area contributed by atoms with Crippen molar-refractivity contribution in [1.82, 2.24) is 10.2 Å². The van der Waals surface area contributed by atoms with Gasteiger partial charge >= 0.3 is 5.97 Å². The van der Waals surface area contributed by atoms with Crippen LogP contribution in [-0.2, 0) is 6.54 Å². The van der Waals surface area contributed by atoms with Crippen molar-refractivity contribution in [3.05, 3.63) is 23.7 Å². The molecule has 0 bridgehead atoms. The lowest BCUT2D eigenvalue weighted by Gasteiger charge is -2.19. The fourth-order valence-corrected chi connectivity index (χ4v) is 2.19. The molecule has 17 heavy (non-hydrogen) atoms. The van der Waals surface area contributed by atoms with Gasteiger partial charge in [0.25, 0.3) is 0 Å². The Labute approximate surface area is 100 Å². The molecule has 2 rings (SSSR count). The second-order valence-corrected chi connectivity index (χ2v) is 4.48. The highest BCUT2D eigenvalue weighted by Crippen LogP contribution is 2.14. The number of carboxylic acid groups (broad SMARTS) is 1. The van der Waals surface area contributed by atoms with E-state index >= 15 is 0 Å². The van der Waals surface area contributed by atoms with Gasteiger partial charge in [-0.15, -0.1) is 0 Å². The van der Waals surface area contributed by atoms with Crippen molar-refractivity contribution in [3.8, 4) is 0 Å². The number of hydrogen-bond acceptors (Lipinski definition) is 4. The summed E-state index contributed by atoms with van der Waals surface area (Å²) in [6.07, 6.45) is 2.48. The Morgan fingerprint density at radius 1 is 1.65 bits per heavy atom. The lowest BCUT2D eigenvalue weighted by molar-refractivity contribution is 0.0660. The Balaban J connectivity index is 1.76. The molecule has 1 aliphatic heterocycles. The Hall–Kier alpha value is -1.33. The SMILES string of the molecule is CN1CCCC1CNCc1ccc(C(=O)O)o1. The van der Waals surface area contributed by atoms with Gasteiger partial charge in [-0.05, 0) is 38.6 Å². The van der Waals surface area contributed by atoms with Gasteiger partial charge in [-0.1, -0.05) is 0 Å². The van der Waals surface area contributed by atoms with E-state index in [0.29, 0.717) is 18.3 Å². The molecule has 0 aliphatic carbocycles. The summed E-state index contributed by atoms with van der Waals surface area (Å²) in [7, 11) is 2.13. The first kappa shape index (κ1) is 12.1. The van der Waals surface area contributed by atoms with Crippen LogP contribution in [0.5, 0.6) is 0 Å². The normalized spacial score (nSPS) is 20.9. The summed E-state index contributed by atoms with van der Waals surface area (Å²) in [6.45, 7) is 2.66. The highest BCUT2D eigenvalue weighted by molar-refractivity contribution is 5.84. The molecule has 1 aromatic heterocycles. The van der Waals surface area contributed by atoms with Crippen molar-refractivity contribution >= 4 is 5.97 Å². The number of nitrogens with one attached hydrogen (secondary N) is 1. The highest BCUT2D eigenvalue weighted by atomic mass is 16.4. The van der Waals surface area contributed by atoms with Crippen LogP contribution in [0.4, 0.5) is 0 Å². The largest absolute Gasteiger partial charge is 0.475 e. The van der Waals surface area contributed by atoms with E-state index in [9.17, 15) is 4.79 Å². The molecule has 2 N–H and O–H groups in total. The third-order valence-corrected chi connectivity index (χ3v) is 3.22. The molecule has 5 nitrogen and oxygen atoms in total. The number of rotatable bonds is 5. The molecule has 1 unspecified atom stereocenters. The number of carbonyl (C=O) groups is 1. The van der Waals surface area contributed by atoms with Crippen LogP contribution in [0.25, 0.3) is 0 Å². The minimum atomic E-state index is -1.02. The third-order valence-electron chi connectivity index (χ3n) is 3.22. The quantitative estimate of drug-likeness (QED) is 0.806. The summed E-state index contributed by atoms with van der Waals surface area (Å²) >= 11 is 0. The number of hydrogen-bond donors (Lipinski definition) is 2. The zero-order valence-electron chi connectivity index (χ0n) is 9.98. The second kappa shape index (κ2) is 5.33. The average Bonchev–Trinajstić information content (AvgIpc) is 2.89. The lowest BCUT2D eigenvalue weighted by atomic mass is 10.2. The molecule has 5 heteroatoms. The molecule has 0 aromatic carbocycles. The van der Waals surface area contributed by atoms with E-state index in [4.69, 9.17) is 9.52 Å². The fourth-order valence-electron chi connectivity index (χ4n) is 2.19. The second-order valence-electron chi connectivity index (χ2n) is 4.48. The molecule has 94 valence electrons. The minimum Gasteiger partial charge on any atom is -0.475 e. The molecule has 2 heterocycles. The maximum Gasteiger partial charge on any atom is 0.371 e. The first-order valence-electron chi connectivity index (χ1n) is 5.90. The number of carboxylic acids is 1. The molecular formula is C12H18N2O3. The summed E-state index contributed by atoms with van der Waals surface area (Å²) in [5.41, 5.74) is 0. The van der Waals surface area contributed by atoms with Crippen LogP contribution < -0.4 is 5.32 Å². The predicted molar refractivity (Wildman–Crippen MR) is 63.0 cm³/mol. The first-order chi connectivity index (χ1) is 8.16. The van der Waals surface area contributed by atoms with Crippen LogP contribution in [0, 0.1) is 0 Å². The molecule has 0 spiro atoms. The molecule has 1 atom stereocenters. The highest BCUT2D eigenvalue weighted by Gasteiger charge is 2.20. The topological polar surface area (TPSA) is 65.7 Å². The zero-order valence-corrected chi connectivity index (χ0v) is 9.98. The van der Waals surface area contributed by atoms with Gasteiger partial charge in [-0.25, -0.2) is 4.79 Å². The fraction of sp³-hybridized carbons (Fsp3) is 0.583. The Morgan fingerprint density at radius 3 is 3.06 bits per heavy atom. The van der Waals surface area contributed by atoms with Gasteiger partial charge in [0.1, 0.15) is 5.76 Å². The van der Waals surface area contributed by atoms with E-state index in [2.05, 4.69) is 17.3 Å². The van der Waals surface area contributed by atoms with Crippen LogP contribution in [0.3, 0.4) is 0 Å². The minimum absolute atomic E-state index is 0.000200. The number of likely N-dealkylation sites (tertiary alicyclic amines) is 1. The van der Waals surface area contributed by atoms with E-state index < -0.39 is 5.97 Å². The van der Waals surface area contributed by atoms with Crippen LogP contribution in [-0.4, -0.2) is 42.2 Å². The molecule has 1 saturated heterocycles. The van der Waals surface area contributed by atoms with Gasteiger partial charge < -0.3 is 19.7 Å². The molecule has 1 fully saturated rings. The molecular weight excluding hydrogens is 220 g/mol. The number of furan rings is 1. The van der Waals surface area contributed by atoms with Crippen molar-refractivity contribution in [2.45, 2.75) is 25.4 Å². The molecule has 0 saturated carbocycles. The summed E-state index contributed by atoms with van der Waals surface area (Å²) in [5, 5.41) is 12.0. The predicted octanol–water partition coefficient (Wildman–Crippen LogP) is 1.16. The smallest absolute Gasteiger partial charge is 0.371 e. The third kappa shape index (κ3) is 3.08. The van der Waals surface area contributed by atoms with E-state index in [1.165, 1.54) is 18.9 Å². The monoisotopic (exact) mass is 238 g/mol. The summed E-state index contributed by atoms with van der Waals surface area (Å²) in [6, 6.07) is 3.78. The molecule has 1 aliphatic rings. The zero-order chi connectivity index (χ0) is 12.3. The summed E-state index contributed by atoms with van der Waals surface area (Å²) in [4.78, 5) is 13.0. The summed E-state index contributed by atoms with van der Waals surface area (Å²) < 4.78 is 5.16. The Morgan fingerprint density at radius 2 is 2.47 bits per heavy atom. The average molecular weight is 238 g/mol. The number of likely N-dealkylation sites (N-methyl/N-ethyl adjacent to an activating group) is 1. The van der Waals surface area contributed by atoms with Gasteiger partial charge in [-0.2, -0.15) is 0 Å². The van der Waals surface area contributed by atoms with Crippen LogP contribution >= 0.6 is 0 Å². The van der Waals surface area contributed by atoms with Gasteiger partial charge in [0.2, 0.25) is 5.76 Å². The van der Waals surface area contributed by atoms with Crippen molar-refractivity contribution in [2.24, 2.45) is 0 Å². The maximum atomic E-state index is 10.6. The van der Waals surface area contributed by atoms with E-state index in [0.717, 1.165) is 13.1 Å². The van der Waals surface area contributed by atoms with E-state index in [-0.39, 0.29) is 5.76 Å². The van der Waals surface area contributed by atoms with Crippen LogP contribution in [0.15, 0.2) is 16.5 Å². The lowest BCUT2D eigenvalue weighted by Crippen LogP contribution is -2.35. The van der Waals surface area contributed by atoms with Crippen molar-refractivity contribution in [2.75, 3.05) is 20.1 Å². The number of nitrogens with zero attached hydrogens (tertiary/aromatic N) is 1. The van der Waals surface area contributed by atoms with Crippen LogP contribution in [0.2, 0.25) is 0 Å².